The normalized spacial score (nSPS) is 10.8. The molecule has 1 heterocycles. The maximum Gasteiger partial charge on any atom is 0.128 e. The molecule has 100 valence electrons. The molecule has 0 spiro atoms. The minimum absolute atomic E-state index is 0.617. The molecule has 3 aromatic rings. The van der Waals surface area contributed by atoms with Crippen molar-refractivity contribution in [2.45, 2.75) is 12.8 Å². The summed E-state index contributed by atoms with van der Waals surface area (Å²) in [7, 11) is 0. The van der Waals surface area contributed by atoms with Gasteiger partial charge in [-0.25, -0.2) is 4.98 Å². The largest absolute Gasteiger partial charge is 0.383 e. The molecule has 0 amide bonds. The Labute approximate surface area is 126 Å². The fraction of sp³-hybridized carbons (Fsp3) is 0.118. The molecule has 0 saturated carbocycles. The van der Waals surface area contributed by atoms with E-state index in [1.54, 1.807) is 0 Å². The number of fused-ring (bicyclic) bond motifs is 1. The van der Waals surface area contributed by atoms with Gasteiger partial charge in [-0.05, 0) is 39.7 Å². The van der Waals surface area contributed by atoms with Crippen molar-refractivity contribution < 1.29 is 0 Å². The number of rotatable bonds is 3. The molecule has 0 bridgehead atoms. The van der Waals surface area contributed by atoms with Crippen molar-refractivity contribution in [3.05, 3.63) is 70.3 Å². The van der Waals surface area contributed by atoms with Gasteiger partial charge >= 0.3 is 0 Å². The molecule has 0 aliphatic heterocycles. The van der Waals surface area contributed by atoms with Gasteiger partial charge in [-0.2, -0.15) is 0 Å². The quantitative estimate of drug-likeness (QED) is 0.726. The second-order valence-corrected chi connectivity index (χ2v) is 5.55. The Morgan fingerprint density at radius 3 is 2.25 bits per heavy atom. The molecule has 3 rings (SSSR count). The number of anilines is 1. The van der Waals surface area contributed by atoms with E-state index in [1.807, 2.05) is 18.2 Å². The first-order valence-corrected chi connectivity index (χ1v) is 7.41. The summed E-state index contributed by atoms with van der Waals surface area (Å²) in [4.78, 5) is 4.41. The van der Waals surface area contributed by atoms with Gasteiger partial charge in [0.15, 0.2) is 0 Å². The molecule has 2 aromatic carbocycles. The van der Waals surface area contributed by atoms with Gasteiger partial charge in [0.25, 0.3) is 0 Å². The standard InChI is InChI=1S/C17H15BrN2/c18-16-14-9-5-4-8-13(14)15(17(19)20-16)11-10-12-6-2-1-3-7-12/h1-9H,10-11H2,(H2,19,20). The van der Waals surface area contributed by atoms with Crippen LogP contribution in [0.5, 0.6) is 0 Å². The number of aryl methyl sites for hydroxylation is 2. The Kier molecular flexibility index (Phi) is 3.70. The van der Waals surface area contributed by atoms with E-state index in [-0.39, 0.29) is 0 Å². The number of aromatic nitrogens is 1. The van der Waals surface area contributed by atoms with Crippen LogP contribution >= 0.6 is 15.9 Å². The summed E-state index contributed by atoms with van der Waals surface area (Å²) in [5.41, 5.74) is 8.56. The van der Waals surface area contributed by atoms with E-state index >= 15 is 0 Å². The van der Waals surface area contributed by atoms with Gasteiger partial charge in [-0.15, -0.1) is 0 Å². The molecule has 0 fully saturated rings. The van der Waals surface area contributed by atoms with Crippen LogP contribution in [-0.2, 0) is 12.8 Å². The van der Waals surface area contributed by atoms with Gasteiger partial charge in [0.05, 0.1) is 0 Å². The Balaban J connectivity index is 1.99. The molecule has 2 N–H and O–H groups in total. The maximum atomic E-state index is 6.11. The number of pyridine rings is 1. The van der Waals surface area contributed by atoms with Crippen LogP contribution < -0.4 is 5.73 Å². The highest BCUT2D eigenvalue weighted by Crippen LogP contribution is 2.29. The zero-order chi connectivity index (χ0) is 13.9. The molecule has 0 saturated heterocycles. The van der Waals surface area contributed by atoms with Gasteiger partial charge < -0.3 is 5.73 Å². The molecule has 0 aliphatic rings. The summed E-state index contributed by atoms with van der Waals surface area (Å²) in [6, 6.07) is 18.7. The molecule has 1 aromatic heterocycles. The molecule has 2 nitrogen and oxygen atoms in total. The Morgan fingerprint density at radius 2 is 1.50 bits per heavy atom. The number of hydrogen-bond acceptors (Lipinski definition) is 2. The zero-order valence-corrected chi connectivity index (χ0v) is 12.6. The van der Waals surface area contributed by atoms with Crippen LogP contribution in [-0.4, -0.2) is 4.98 Å². The minimum atomic E-state index is 0.617. The lowest BCUT2D eigenvalue weighted by molar-refractivity contribution is 0.963. The second kappa shape index (κ2) is 5.63. The predicted molar refractivity (Wildman–Crippen MR) is 87.7 cm³/mol. The minimum Gasteiger partial charge on any atom is -0.383 e. The molecule has 0 atom stereocenters. The van der Waals surface area contributed by atoms with Gasteiger partial charge in [-0.1, -0.05) is 54.6 Å². The first kappa shape index (κ1) is 13.1. The van der Waals surface area contributed by atoms with Gasteiger partial charge in [0.2, 0.25) is 0 Å². The van der Waals surface area contributed by atoms with E-state index < -0.39 is 0 Å². The maximum absolute atomic E-state index is 6.11. The summed E-state index contributed by atoms with van der Waals surface area (Å²) in [6.45, 7) is 0. The van der Waals surface area contributed by atoms with E-state index in [9.17, 15) is 0 Å². The molecular formula is C17H15BrN2. The highest BCUT2D eigenvalue weighted by atomic mass is 79.9. The fourth-order valence-corrected chi connectivity index (χ4v) is 3.01. The third kappa shape index (κ3) is 2.54. The van der Waals surface area contributed by atoms with Crippen molar-refractivity contribution in [2.75, 3.05) is 5.73 Å². The lowest BCUT2D eigenvalue weighted by Gasteiger charge is -2.11. The average molecular weight is 327 g/mol. The number of benzene rings is 2. The predicted octanol–water partition coefficient (Wildman–Crippen LogP) is 4.36. The third-order valence-corrected chi connectivity index (χ3v) is 4.11. The molecule has 0 unspecified atom stereocenters. The highest BCUT2D eigenvalue weighted by Gasteiger charge is 2.10. The van der Waals surface area contributed by atoms with Crippen molar-refractivity contribution in [2.24, 2.45) is 0 Å². The first-order valence-electron chi connectivity index (χ1n) is 6.62. The van der Waals surface area contributed by atoms with Gasteiger partial charge in [-0.3, -0.25) is 0 Å². The monoisotopic (exact) mass is 326 g/mol. The lowest BCUT2D eigenvalue weighted by Crippen LogP contribution is -2.02. The van der Waals surface area contributed by atoms with Crippen molar-refractivity contribution in [3.63, 3.8) is 0 Å². The number of halogens is 1. The van der Waals surface area contributed by atoms with E-state index in [2.05, 4.69) is 57.3 Å². The SMILES string of the molecule is Nc1nc(Br)c2ccccc2c1CCc1ccccc1. The fourth-order valence-electron chi connectivity index (χ4n) is 2.47. The molecule has 3 heteroatoms. The van der Waals surface area contributed by atoms with Crippen LogP contribution in [0, 0.1) is 0 Å². The van der Waals surface area contributed by atoms with Gasteiger partial charge in [0.1, 0.15) is 10.4 Å². The van der Waals surface area contributed by atoms with Crippen LogP contribution in [0.15, 0.2) is 59.2 Å². The topological polar surface area (TPSA) is 38.9 Å². The Bertz CT molecular complexity index is 739. The van der Waals surface area contributed by atoms with E-state index in [1.165, 1.54) is 10.9 Å². The van der Waals surface area contributed by atoms with E-state index in [4.69, 9.17) is 5.73 Å². The van der Waals surface area contributed by atoms with Crippen LogP contribution in [0.1, 0.15) is 11.1 Å². The molecule has 0 radical (unpaired) electrons. The number of hydrogen-bond donors (Lipinski definition) is 1. The number of nitrogens with zero attached hydrogens (tertiary/aromatic N) is 1. The highest BCUT2D eigenvalue weighted by molar-refractivity contribution is 9.10. The second-order valence-electron chi connectivity index (χ2n) is 4.80. The summed E-state index contributed by atoms with van der Waals surface area (Å²) >= 11 is 3.49. The first-order chi connectivity index (χ1) is 9.75. The van der Waals surface area contributed by atoms with Crippen LogP contribution in [0.3, 0.4) is 0 Å². The van der Waals surface area contributed by atoms with Crippen LogP contribution in [0.2, 0.25) is 0 Å². The average Bonchev–Trinajstić information content (AvgIpc) is 2.48. The number of nitrogen functional groups attached to an aromatic ring is 1. The molecule has 20 heavy (non-hydrogen) atoms. The third-order valence-electron chi connectivity index (χ3n) is 3.51. The van der Waals surface area contributed by atoms with Crippen LogP contribution in [0.25, 0.3) is 10.8 Å². The smallest absolute Gasteiger partial charge is 0.128 e. The van der Waals surface area contributed by atoms with Crippen LogP contribution in [0.4, 0.5) is 5.82 Å². The Morgan fingerprint density at radius 1 is 0.850 bits per heavy atom. The number of nitrogens with two attached hydrogens (primary N) is 1. The van der Waals surface area contributed by atoms with Crippen molar-refractivity contribution in [3.8, 4) is 0 Å². The van der Waals surface area contributed by atoms with Crippen molar-refractivity contribution in [1.29, 1.82) is 0 Å². The zero-order valence-electron chi connectivity index (χ0n) is 11.0. The van der Waals surface area contributed by atoms with Gasteiger partial charge in [0, 0.05) is 10.9 Å². The summed E-state index contributed by atoms with van der Waals surface area (Å²) < 4.78 is 0.814. The lowest BCUT2D eigenvalue weighted by atomic mass is 10.00. The van der Waals surface area contributed by atoms with E-state index in [0.29, 0.717) is 5.82 Å². The molecule has 0 aliphatic carbocycles. The molecular weight excluding hydrogens is 312 g/mol. The van der Waals surface area contributed by atoms with Crippen molar-refractivity contribution >= 4 is 32.5 Å². The summed E-state index contributed by atoms with van der Waals surface area (Å²) in [5, 5.41) is 2.30. The summed E-state index contributed by atoms with van der Waals surface area (Å²) in [5.74, 6) is 0.617. The van der Waals surface area contributed by atoms with E-state index in [0.717, 1.165) is 28.4 Å². The summed E-state index contributed by atoms with van der Waals surface area (Å²) in [6.07, 6.45) is 1.87. The van der Waals surface area contributed by atoms with Crippen molar-refractivity contribution in [1.82, 2.24) is 4.98 Å². The Hall–Kier alpha value is -1.87.